The van der Waals surface area contributed by atoms with Gasteiger partial charge in [0, 0.05) is 41.2 Å². The number of benzene rings is 2. The Labute approximate surface area is 149 Å². The molecule has 4 aromatic rings. The lowest BCUT2D eigenvalue weighted by atomic mass is 10.2. The molecule has 0 aliphatic rings. The molecule has 0 aliphatic carbocycles. The summed E-state index contributed by atoms with van der Waals surface area (Å²) in [6.45, 7) is 0. The number of aromatic nitrogens is 3. The Morgan fingerprint density at radius 2 is 1.77 bits per heavy atom. The van der Waals surface area contributed by atoms with Crippen molar-refractivity contribution < 1.29 is 9.13 Å². The molecule has 26 heavy (non-hydrogen) atoms. The minimum Gasteiger partial charge on any atom is -0.497 e. The summed E-state index contributed by atoms with van der Waals surface area (Å²) in [4.78, 5) is 13.3. The molecule has 0 radical (unpaired) electrons. The number of pyridine rings is 1. The molecule has 0 saturated carbocycles. The highest BCUT2D eigenvalue weighted by molar-refractivity contribution is 5.92. The molecule has 0 spiro atoms. The van der Waals surface area contributed by atoms with E-state index in [0.717, 1.165) is 16.5 Å². The summed E-state index contributed by atoms with van der Waals surface area (Å²) in [6.07, 6.45) is 3.39. The molecule has 5 nitrogen and oxygen atoms in total. The second kappa shape index (κ2) is 6.76. The summed E-state index contributed by atoms with van der Waals surface area (Å²) >= 11 is 0. The van der Waals surface area contributed by atoms with Gasteiger partial charge in [-0.3, -0.25) is 4.98 Å². The largest absolute Gasteiger partial charge is 0.497 e. The van der Waals surface area contributed by atoms with E-state index in [1.54, 1.807) is 18.5 Å². The highest BCUT2D eigenvalue weighted by Gasteiger charge is 2.10. The van der Waals surface area contributed by atoms with Crippen LogP contribution in [0.2, 0.25) is 0 Å². The van der Waals surface area contributed by atoms with Gasteiger partial charge in [0.2, 0.25) is 0 Å². The van der Waals surface area contributed by atoms with Gasteiger partial charge >= 0.3 is 0 Å². The van der Waals surface area contributed by atoms with Gasteiger partial charge < -0.3 is 10.1 Å². The van der Waals surface area contributed by atoms with Crippen LogP contribution in [0.3, 0.4) is 0 Å². The molecular formula is C20H15FN4O. The lowest BCUT2D eigenvalue weighted by molar-refractivity contribution is 0.411. The molecule has 0 aliphatic heterocycles. The van der Waals surface area contributed by atoms with Crippen LogP contribution in [0.5, 0.6) is 5.75 Å². The zero-order valence-electron chi connectivity index (χ0n) is 14.0. The van der Waals surface area contributed by atoms with Crippen molar-refractivity contribution in [2.45, 2.75) is 0 Å². The zero-order chi connectivity index (χ0) is 17.9. The van der Waals surface area contributed by atoms with Crippen molar-refractivity contribution in [3.63, 3.8) is 0 Å². The third-order valence-electron chi connectivity index (χ3n) is 3.91. The number of hydrogen-bond donors (Lipinski definition) is 1. The van der Waals surface area contributed by atoms with Gasteiger partial charge in [-0.05, 0) is 30.3 Å². The van der Waals surface area contributed by atoms with Crippen LogP contribution in [0, 0.1) is 5.82 Å². The standard InChI is InChI=1S/C20H15FN4O/c1-26-16-11-14(21)10-15(12-16)23-20-17-4-2-3-5-18(17)24-19(25-20)13-6-8-22-9-7-13/h2-12H,1H3,(H,23,24,25). The Morgan fingerprint density at radius 3 is 2.58 bits per heavy atom. The molecule has 2 aromatic heterocycles. The Kier molecular flexibility index (Phi) is 4.15. The monoisotopic (exact) mass is 346 g/mol. The van der Waals surface area contributed by atoms with E-state index < -0.39 is 0 Å². The Bertz CT molecular complexity index is 1070. The summed E-state index contributed by atoms with van der Waals surface area (Å²) in [7, 11) is 1.50. The highest BCUT2D eigenvalue weighted by atomic mass is 19.1. The van der Waals surface area contributed by atoms with Crippen molar-refractivity contribution in [3.05, 3.63) is 72.8 Å². The number of fused-ring (bicyclic) bond motifs is 1. The highest BCUT2D eigenvalue weighted by Crippen LogP contribution is 2.29. The molecular weight excluding hydrogens is 331 g/mol. The van der Waals surface area contributed by atoms with Crippen molar-refractivity contribution >= 4 is 22.4 Å². The van der Waals surface area contributed by atoms with Crippen LogP contribution in [0.1, 0.15) is 0 Å². The lowest BCUT2D eigenvalue weighted by Crippen LogP contribution is -2.00. The molecule has 0 unspecified atom stereocenters. The number of ether oxygens (including phenoxy) is 1. The van der Waals surface area contributed by atoms with Gasteiger partial charge in [-0.2, -0.15) is 0 Å². The smallest absolute Gasteiger partial charge is 0.162 e. The van der Waals surface area contributed by atoms with Crippen LogP contribution in [-0.4, -0.2) is 22.1 Å². The number of para-hydroxylation sites is 1. The number of hydrogen-bond acceptors (Lipinski definition) is 5. The normalized spacial score (nSPS) is 10.7. The molecule has 128 valence electrons. The van der Waals surface area contributed by atoms with Crippen LogP contribution >= 0.6 is 0 Å². The third kappa shape index (κ3) is 3.17. The van der Waals surface area contributed by atoms with Crippen LogP contribution in [0.25, 0.3) is 22.3 Å². The molecule has 0 fully saturated rings. The maximum absolute atomic E-state index is 13.8. The van der Waals surface area contributed by atoms with Gasteiger partial charge in [0.05, 0.1) is 12.6 Å². The van der Waals surface area contributed by atoms with E-state index in [2.05, 4.69) is 20.3 Å². The number of methoxy groups -OCH3 is 1. The Morgan fingerprint density at radius 1 is 0.962 bits per heavy atom. The fourth-order valence-electron chi connectivity index (χ4n) is 2.69. The van der Waals surface area contributed by atoms with Crippen molar-refractivity contribution in [1.82, 2.24) is 15.0 Å². The van der Waals surface area contributed by atoms with Gasteiger partial charge in [-0.15, -0.1) is 0 Å². The molecule has 2 heterocycles. The summed E-state index contributed by atoms with van der Waals surface area (Å²) in [6, 6.07) is 15.8. The van der Waals surface area contributed by atoms with E-state index in [9.17, 15) is 4.39 Å². The van der Waals surface area contributed by atoms with Crippen LogP contribution in [-0.2, 0) is 0 Å². The number of halogens is 1. The second-order valence-electron chi connectivity index (χ2n) is 5.65. The summed E-state index contributed by atoms with van der Waals surface area (Å²) < 4.78 is 19.0. The van der Waals surface area contributed by atoms with E-state index in [1.165, 1.54) is 19.2 Å². The fraction of sp³-hybridized carbons (Fsp3) is 0.0500. The van der Waals surface area contributed by atoms with Crippen LogP contribution in [0.4, 0.5) is 15.9 Å². The molecule has 0 bridgehead atoms. The quantitative estimate of drug-likeness (QED) is 0.586. The molecule has 0 saturated heterocycles. The lowest BCUT2D eigenvalue weighted by Gasteiger charge is -2.12. The predicted molar refractivity (Wildman–Crippen MR) is 99.0 cm³/mol. The minimum atomic E-state index is -0.389. The van der Waals surface area contributed by atoms with Gasteiger partial charge in [0.1, 0.15) is 17.4 Å². The number of anilines is 2. The first-order valence-corrected chi connectivity index (χ1v) is 8.02. The fourth-order valence-corrected chi connectivity index (χ4v) is 2.69. The van der Waals surface area contributed by atoms with Crippen molar-refractivity contribution in [1.29, 1.82) is 0 Å². The van der Waals surface area contributed by atoms with Gasteiger partial charge in [0.25, 0.3) is 0 Å². The van der Waals surface area contributed by atoms with Crippen molar-refractivity contribution in [2.75, 3.05) is 12.4 Å². The average molecular weight is 346 g/mol. The topological polar surface area (TPSA) is 59.9 Å². The molecule has 1 N–H and O–H groups in total. The van der Waals surface area contributed by atoms with Gasteiger partial charge in [-0.25, -0.2) is 14.4 Å². The van der Waals surface area contributed by atoms with Gasteiger partial charge in [0.15, 0.2) is 5.82 Å². The van der Waals surface area contributed by atoms with Gasteiger partial charge in [-0.1, -0.05) is 12.1 Å². The van der Waals surface area contributed by atoms with E-state index >= 15 is 0 Å². The number of nitrogens with one attached hydrogen (secondary N) is 1. The second-order valence-corrected chi connectivity index (χ2v) is 5.65. The summed E-state index contributed by atoms with van der Waals surface area (Å²) in [5.74, 6) is 1.20. The molecule has 6 heteroatoms. The number of nitrogens with zero attached hydrogens (tertiary/aromatic N) is 3. The summed E-state index contributed by atoms with van der Waals surface area (Å²) in [5, 5.41) is 4.03. The van der Waals surface area contributed by atoms with E-state index in [0.29, 0.717) is 23.1 Å². The molecule has 4 rings (SSSR count). The first-order chi connectivity index (χ1) is 12.7. The van der Waals surface area contributed by atoms with Crippen LogP contribution < -0.4 is 10.1 Å². The zero-order valence-corrected chi connectivity index (χ0v) is 14.0. The molecule has 0 atom stereocenters. The van der Waals surface area contributed by atoms with E-state index in [4.69, 9.17) is 4.74 Å². The predicted octanol–water partition coefficient (Wildman–Crippen LogP) is 4.58. The first-order valence-electron chi connectivity index (χ1n) is 8.02. The van der Waals surface area contributed by atoms with E-state index in [-0.39, 0.29) is 5.82 Å². The van der Waals surface area contributed by atoms with Crippen LogP contribution in [0.15, 0.2) is 67.0 Å². The molecule has 2 aromatic carbocycles. The number of rotatable bonds is 4. The Balaban J connectivity index is 1.84. The summed E-state index contributed by atoms with van der Waals surface area (Å²) in [5.41, 5.74) is 2.19. The Hall–Kier alpha value is -3.54. The van der Waals surface area contributed by atoms with Crippen molar-refractivity contribution in [2.24, 2.45) is 0 Å². The average Bonchev–Trinajstić information content (AvgIpc) is 2.68. The molecule has 0 amide bonds. The maximum Gasteiger partial charge on any atom is 0.162 e. The maximum atomic E-state index is 13.8. The SMILES string of the molecule is COc1cc(F)cc(Nc2nc(-c3ccncc3)nc3ccccc23)c1. The third-order valence-corrected chi connectivity index (χ3v) is 3.91. The van der Waals surface area contributed by atoms with E-state index in [1.807, 2.05) is 36.4 Å². The first kappa shape index (κ1) is 16.0. The minimum absolute atomic E-state index is 0.389. The van der Waals surface area contributed by atoms with Crippen molar-refractivity contribution in [3.8, 4) is 17.1 Å².